The molecule has 0 radical (unpaired) electrons. The molecule has 0 saturated carbocycles. The average molecular weight is 270 g/mol. The lowest BCUT2D eigenvalue weighted by atomic mass is 10.1. The Kier molecular flexibility index (Phi) is 5.32. The van der Waals surface area contributed by atoms with Gasteiger partial charge in [-0.25, -0.2) is 4.79 Å². The highest BCUT2D eigenvalue weighted by molar-refractivity contribution is 6.33. The van der Waals surface area contributed by atoms with Crippen LogP contribution in [0.15, 0.2) is 24.3 Å². The number of nitrogens with one attached hydrogen (secondary N) is 1. The number of benzene rings is 1. The monoisotopic (exact) mass is 269 g/mol. The number of halogens is 1. The first-order chi connectivity index (χ1) is 8.54. The molecule has 0 fully saturated rings. The van der Waals surface area contributed by atoms with Gasteiger partial charge < -0.3 is 10.1 Å². The summed E-state index contributed by atoms with van der Waals surface area (Å²) in [6.07, 6.45) is 0. The highest BCUT2D eigenvalue weighted by atomic mass is 35.5. The molecule has 0 spiro atoms. The smallest absolute Gasteiger partial charge is 0.396 e. The van der Waals surface area contributed by atoms with E-state index in [1.807, 2.05) is 0 Å². The van der Waals surface area contributed by atoms with Crippen molar-refractivity contribution in [1.82, 2.24) is 5.32 Å². The lowest BCUT2D eigenvalue weighted by Gasteiger charge is -2.04. The molecule has 1 aromatic rings. The average Bonchev–Trinajstić information content (AvgIpc) is 2.36. The number of hydrogen-bond acceptors (Lipinski definition) is 4. The summed E-state index contributed by atoms with van der Waals surface area (Å²) in [6, 6.07) is 6.23. The molecule has 0 atom stereocenters. The van der Waals surface area contributed by atoms with Crippen LogP contribution in [0.1, 0.15) is 17.3 Å². The molecule has 1 amide bonds. The summed E-state index contributed by atoms with van der Waals surface area (Å²) in [4.78, 5) is 33.8. The van der Waals surface area contributed by atoms with Crippen molar-refractivity contribution in [3.05, 3.63) is 34.9 Å². The minimum atomic E-state index is -0.999. The quantitative estimate of drug-likeness (QED) is 0.506. The van der Waals surface area contributed by atoms with Gasteiger partial charge in [-0.05, 0) is 31.2 Å². The van der Waals surface area contributed by atoms with E-state index in [1.165, 1.54) is 0 Å². The molecule has 0 aliphatic heterocycles. The number of ketones is 1. The van der Waals surface area contributed by atoms with E-state index in [9.17, 15) is 14.4 Å². The van der Waals surface area contributed by atoms with Crippen LogP contribution in [0.5, 0.6) is 0 Å². The SMILES string of the molecule is CCOC(=O)C(=O)NCC(=O)c1ccc(Cl)cc1. The van der Waals surface area contributed by atoms with E-state index in [-0.39, 0.29) is 18.9 Å². The lowest BCUT2D eigenvalue weighted by molar-refractivity contribution is -0.154. The maximum atomic E-state index is 11.6. The van der Waals surface area contributed by atoms with Crippen molar-refractivity contribution < 1.29 is 19.1 Å². The number of Topliss-reactive ketones (excluding diaryl/α,β-unsaturated/α-hetero) is 1. The van der Waals surface area contributed by atoms with Gasteiger partial charge in [-0.3, -0.25) is 9.59 Å². The Balaban J connectivity index is 2.49. The first-order valence-corrected chi connectivity index (χ1v) is 5.66. The van der Waals surface area contributed by atoms with E-state index in [0.717, 1.165) is 0 Å². The van der Waals surface area contributed by atoms with Crippen LogP contribution in [0.2, 0.25) is 5.02 Å². The van der Waals surface area contributed by atoms with Crippen molar-refractivity contribution in [2.24, 2.45) is 0 Å². The van der Waals surface area contributed by atoms with E-state index in [0.29, 0.717) is 10.6 Å². The molecule has 0 aliphatic carbocycles. The van der Waals surface area contributed by atoms with Gasteiger partial charge in [0.05, 0.1) is 13.2 Å². The van der Waals surface area contributed by atoms with Gasteiger partial charge in [0.15, 0.2) is 5.78 Å². The molecule has 0 aliphatic rings. The maximum Gasteiger partial charge on any atom is 0.396 e. The number of esters is 1. The summed E-state index contributed by atoms with van der Waals surface area (Å²) in [7, 11) is 0. The summed E-state index contributed by atoms with van der Waals surface area (Å²) >= 11 is 5.68. The minimum Gasteiger partial charge on any atom is -0.459 e. The van der Waals surface area contributed by atoms with E-state index >= 15 is 0 Å². The Hall–Kier alpha value is -1.88. The third kappa shape index (κ3) is 4.18. The minimum absolute atomic E-state index is 0.109. The van der Waals surface area contributed by atoms with Crippen LogP contribution >= 0.6 is 11.6 Å². The normalized spacial score (nSPS) is 9.67. The van der Waals surface area contributed by atoms with Crippen molar-refractivity contribution in [2.45, 2.75) is 6.92 Å². The van der Waals surface area contributed by atoms with Gasteiger partial charge in [0, 0.05) is 10.6 Å². The molecule has 0 bridgehead atoms. The van der Waals surface area contributed by atoms with E-state index < -0.39 is 11.9 Å². The van der Waals surface area contributed by atoms with Crippen LogP contribution in [0.25, 0.3) is 0 Å². The maximum absolute atomic E-state index is 11.6. The second kappa shape index (κ2) is 6.76. The van der Waals surface area contributed by atoms with Crippen LogP contribution in [0.3, 0.4) is 0 Å². The van der Waals surface area contributed by atoms with Crippen LogP contribution in [-0.2, 0) is 14.3 Å². The first kappa shape index (κ1) is 14.2. The number of amides is 1. The van der Waals surface area contributed by atoms with Crippen molar-refractivity contribution in [3.63, 3.8) is 0 Å². The van der Waals surface area contributed by atoms with E-state index in [1.54, 1.807) is 31.2 Å². The Morgan fingerprint density at radius 3 is 2.39 bits per heavy atom. The number of carbonyl (C=O) groups is 3. The molecule has 5 nitrogen and oxygen atoms in total. The zero-order chi connectivity index (χ0) is 13.5. The molecule has 1 rings (SSSR count). The molecular weight excluding hydrogens is 258 g/mol. The molecule has 1 aromatic carbocycles. The standard InChI is InChI=1S/C12H12ClNO4/c1-2-18-12(17)11(16)14-7-10(15)8-3-5-9(13)6-4-8/h3-6H,2,7H2,1H3,(H,14,16). The van der Waals surface area contributed by atoms with Gasteiger partial charge in [0.25, 0.3) is 0 Å². The van der Waals surface area contributed by atoms with E-state index in [2.05, 4.69) is 10.1 Å². The Labute approximate surface area is 109 Å². The fourth-order valence-electron chi connectivity index (χ4n) is 1.17. The van der Waals surface area contributed by atoms with Gasteiger partial charge in [0.1, 0.15) is 0 Å². The lowest BCUT2D eigenvalue weighted by Crippen LogP contribution is -2.36. The van der Waals surface area contributed by atoms with Gasteiger partial charge in [-0.15, -0.1) is 0 Å². The van der Waals surface area contributed by atoms with Crippen LogP contribution in [0.4, 0.5) is 0 Å². The van der Waals surface area contributed by atoms with Crippen LogP contribution in [0, 0.1) is 0 Å². The van der Waals surface area contributed by atoms with Crippen molar-refractivity contribution in [2.75, 3.05) is 13.2 Å². The number of ether oxygens (including phenoxy) is 1. The fraction of sp³-hybridized carbons (Fsp3) is 0.250. The third-order valence-electron chi connectivity index (χ3n) is 2.04. The number of rotatable bonds is 4. The summed E-state index contributed by atoms with van der Waals surface area (Å²) in [5.41, 5.74) is 0.406. The van der Waals surface area contributed by atoms with E-state index in [4.69, 9.17) is 11.6 Å². The predicted octanol–water partition coefficient (Wildman–Crippen LogP) is 1.20. The fourth-order valence-corrected chi connectivity index (χ4v) is 1.29. The third-order valence-corrected chi connectivity index (χ3v) is 2.29. The highest BCUT2D eigenvalue weighted by Crippen LogP contribution is 2.09. The molecule has 0 aromatic heterocycles. The second-order valence-corrected chi connectivity index (χ2v) is 3.77. The highest BCUT2D eigenvalue weighted by Gasteiger charge is 2.15. The predicted molar refractivity (Wildman–Crippen MR) is 65.4 cm³/mol. The summed E-state index contributed by atoms with van der Waals surface area (Å²) in [6.45, 7) is 1.43. The Morgan fingerprint density at radius 1 is 1.22 bits per heavy atom. The van der Waals surface area contributed by atoms with Gasteiger partial charge in [-0.1, -0.05) is 11.6 Å². The molecule has 0 unspecified atom stereocenters. The van der Waals surface area contributed by atoms with Gasteiger partial charge in [-0.2, -0.15) is 0 Å². The van der Waals surface area contributed by atoms with Crippen LogP contribution in [-0.4, -0.2) is 30.8 Å². The molecule has 6 heteroatoms. The van der Waals surface area contributed by atoms with Gasteiger partial charge in [0.2, 0.25) is 0 Å². The van der Waals surface area contributed by atoms with Crippen molar-refractivity contribution in [3.8, 4) is 0 Å². The zero-order valence-electron chi connectivity index (χ0n) is 9.73. The number of hydrogen-bond donors (Lipinski definition) is 1. The Bertz CT molecular complexity index is 456. The zero-order valence-corrected chi connectivity index (χ0v) is 10.5. The summed E-state index contributed by atoms with van der Waals surface area (Å²) in [5, 5.41) is 2.70. The topological polar surface area (TPSA) is 72.5 Å². The molecule has 0 saturated heterocycles. The van der Waals surface area contributed by atoms with Gasteiger partial charge >= 0.3 is 11.9 Å². The summed E-state index contributed by atoms with van der Waals surface area (Å²) in [5.74, 6) is -2.25. The molecule has 96 valence electrons. The number of carbonyl (C=O) groups excluding carboxylic acids is 3. The molecule has 0 heterocycles. The molecular formula is C12H12ClNO4. The first-order valence-electron chi connectivity index (χ1n) is 5.28. The Morgan fingerprint density at radius 2 is 1.83 bits per heavy atom. The largest absolute Gasteiger partial charge is 0.459 e. The van der Waals surface area contributed by atoms with Crippen LogP contribution < -0.4 is 5.32 Å². The molecule has 1 N–H and O–H groups in total. The second-order valence-electron chi connectivity index (χ2n) is 3.33. The summed E-state index contributed by atoms with van der Waals surface area (Å²) < 4.78 is 4.48. The molecule has 18 heavy (non-hydrogen) atoms. The van der Waals surface area contributed by atoms with Crippen molar-refractivity contribution in [1.29, 1.82) is 0 Å². The van der Waals surface area contributed by atoms with Crippen molar-refractivity contribution >= 4 is 29.3 Å².